The molecule has 2 amide bonds. The fourth-order valence-electron chi connectivity index (χ4n) is 4.58. The van der Waals surface area contributed by atoms with E-state index in [-0.39, 0.29) is 17.3 Å². The van der Waals surface area contributed by atoms with Crippen LogP contribution in [0.3, 0.4) is 0 Å². The van der Waals surface area contributed by atoms with Crippen molar-refractivity contribution in [2.24, 2.45) is 0 Å². The maximum absolute atomic E-state index is 14.2. The lowest BCUT2D eigenvalue weighted by Gasteiger charge is -2.35. The van der Waals surface area contributed by atoms with Gasteiger partial charge in [-0.1, -0.05) is 72.1 Å². The van der Waals surface area contributed by atoms with Crippen molar-refractivity contribution in [3.05, 3.63) is 94.0 Å². The largest absolute Gasteiger partial charge is 0.350 e. The molecule has 0 aliphatic carbocycles. The molecule has 0 saturated heterocycles. The number of anilines is 1. The summed E-state index contributed by atoms with van der Waals surface area (Å²) in [7, 11) is -4.17. The molecule has 3 rings (SSSR count). The Kier molecular flexibility index (Phi) is 10.3. The van der Waals surface area contributed by atoms with Crippen molar-refractivity contribution >= 4 is 39.1 Å². The van der Waals surface area contributed by atoms with Gasteiger partial charge >= 0.3 is 0 Å². The number of benzene rings is 3. The van der Waals surface area contributed by atoms with E-state index in [2.05, 4.69) is 5.32 Å². The normalized spacial score (nSPS) is 12.5. The van der Waals surface area contributed by atoms with Gasteiger partial charge in [0.05, 0.1) is 10.6 Å². The summed E-state index contributed by atoms with van der Waals surface area (Å²) >= 11 is 6.31. The third kappa shape index (κ3) is 8.33. The fraction of sp³-hybridized carbons (Fsp3) is 0.375. The van der Waals surface area contributed by atoms with Crippen molar-refractivity contribution in [2.75, 3.05) is 10.8 Å². The molecule has 0 heterocycles. The number of nitrogens with one attached hydrogen (secondary N) is 1. The minimum Gasteiger partial charge on any atom is -0.350 e. The minimum atomic E-state index is -4.17. The molecule has 3 aromatic rings. The molecule has 9 heteroatoms. The predicted octanol–water partition coefficient (Wildman–Crippen LogP) is 6.18. The topological polar surface area (TPSA) is 86.8 Å². The van der Waals surface area contributed by atoms with Gasteiger partial charge < -0.3 is 10.2 Å². The number of nitrogens with zero attached hydrogens (tertiary/aromatic N) is 2. The number of hydrogen-bond acceptors (Lipinski definition) is 4. The monoisotopic (exact) mass is 597 g/mol. The number of halogens is 1. The lowest BCUT2D eigenvalue weighted by molar-refractivity contribution is -0.141. The summed E-state index contributed by atoms with van der Waals surface area (Å²) in [5.74, 6) is -0.801. The number of sulfonamides is 1. The molecule has 220 valence electrons. The van der Waals surface area contributed by atoms with Gasteiger partial charge in [0.1, 0.15) is 12.6 Å². The van der Waals surface area contributed by atoms with E-state index in [1.807, 2.05) is 65.8 Å². The van der Waals surface area contributed by atoms with Crippen LogP contribution >= 0.6 is 11.6 Å². The summed E-state index contributed by atoms with van der Waals surface area (Å²) in [4.78, 5) is 29.2. The Morgan fingerprint density at radius 3 is 2.17 bits per heavy atom. The van der Waals surface area contributed by atoms with Crippen molar-refractivity contribution in [3.8, 4) is 0 Å². The average molecular weight is 598 g/mol. The van der Waals surface area contributed by atoms with Crippen LogP contribution in [-0.4, -0.2) is 43.3 Å². The van der Waals surface area contributed by atoms with Crippen molar-refractivity contribution in [1.29, 1.82) is 0 Å². The van der Waals surface area contributed by atoms with Crippen molar-refractivity contribution in [1.82, 2.24) is 10.2 Å². The van der Waals surface area contributed by atoms with Crippen LogP contribution in [0.5, 0.6) is 0 Å². The first kappa shape index (κ1) is 32.2. The molecule has 0 fully saturated rings. The van der Waals surface area contributed by atoms with Gasteiger partial charge in [-0.15, -0.1) is 0 Å². The lowest BCUT2D eigenvalue weighted by Crippen LogP contribution is -2.55. The lowest BCUT2D eigenvalue weighted by atomic mass is 10.0. The molecule has 1 N–H and O–H groups in total. The summed E-state index contributed by atoms with van der Waals surface area (Å²) in [6, 6.07) is 18.3. The SMILES string of the molecule is CC[C@@H](C(=O)NC(C)(C)C)N(Cc1cccc(C)c1)C(=O)CN(c1cc(Cl)ccc1C)S(=O)(=O)c1ccc(C)cc1. The average Bonchev–Trinajstić information content (AvgIpc) is 2.87. The van der Waals surface area contributed by atoms with Gasteiger partial charge in [0.25, 0.3) is 10.0 Å². The van der Waals surface area contributed by atoms with Gasteiger partial charge in [-0.25, -0.2) is 8.42 Å². The zero-order valence-corrected chi connectivity index (χ0v) is 26.4. The molecule has 0 radical (unpaired) electrons. The Morgan fingerprint density at radius 2 is 1.59 bits per heavy atom. The van der Waals surface area contributed by atoms with Crippen LogP contribution in [0.4, 0.5) is 5.69 Å². The van der Waals surface area contributed by atoms with Gasteiger partial charge in [0, 0.05) is 17.1 Å². The summed E-state index contributed by atoms with van der Waals surface area (Å²) < 4.78 is 29.2. The molecule has 1 atom stereocenters. The number of carbonyl (C=O) groups is 2. The summed E-state index contributed by atoms with van der Waals surface area (Å²) in [6.07, 6.45) is 0.348. The van der Waals surface area contributed by atoms with Crippen LogP contribution in [-0.2, 0) is 26.2 Å². The Labute approximate surface area is 249 Å². The van der Waals surface area contributed by atoms with Crippen LogP contribution in [0, 0.1) is 20.8 Å². The molecule has 3 aromatic carbocycles. The third-order valence-electron chi connectivity index (χ3n) is 6.65. The second kappa shape index (κ2) is 13.1. The van der Waals surface area contributed by atoms with Crippen LogP contribution in [0.15, 0.2) is 71.6 Å². The van der Waals surface area contributed by atoms with Gasteiger partial charge in [-0.05, 0) is 83.4 Å². The summed E-state index contributed by atoms with van der Waals surface area (Å²) in [6.45, 7) is 12.7. The van der Waals surface area contributed by atoms with E-state index in [1.165, 1.54) is 17.0 Å². The van der Waals surface area contributed by atoms with Gasteiger partial charge in [-0.3, -0.25) is 13.9 Å². The number of aryl methyl sites for hydroxylation is 3. The van der Waals surface area contributed by atoms with Crippen LogP contribution in [0.1, 0.15) is 56.4 Å². The minimum absolute atomic E-state index is 0.0537. The molecule has 0 bridgehead atoms. The highest BCUT2D eigenvalue weighted by atomic mass is 35.5. The smallest absolute Gasteiger partial charge is 0.264 e. The predicted molar refractivity (Wildman–Crippen MR) is 166 cm³/mol. The van der Waals surface area contributed by atoms with E-state index < -0.39 is 34.1 Å². The molecule has 41 heavy (non-hydrogen) atoms. The first-order valence-corrected chi connectivity index (χ1v) is 15.5. The van der Waals surface area contributed by atoms with Crippen LogP contribution in [0.25, 0.3) is 0 Å². The molecule has 0 spiro atoms. The Hall–Kier alpha value is -3.36. The Bertz CT molecular complexity index is 1500. The van der Waals surface area contributed by atoms with Gasteiger partial charge in [0.2, 0.25) is 11.8 Å². The molecule has 7 nitrogen and oxygen atoms in total. The van der Waals surface area contributed by atoms with Gasteiger partial charge in [-0.2, -0.15) is 0 Å². The summed E-state index contributed by atoms with van der Waals surface area (Å²) in [5.41, 5.74) is 3.19. The standard InChI is InChI=1S/C32H40ClN3O4S/c1-8-28(31(38)34-32(5,6)7)35(20-25-11-9-10-23(3)18-25)30(37)21-36(29-19-26(33)15-14-24(29)4)41(39,40)27-16-12-22(2)13-17-27/h9-19,28H,8,20-21H2,1-7H3,(H,34,38)/t28-/m0/s1. The highest BCUT2D eigenvalue weighted by Gasteiger charge is 2.35. The number of rotatable bonds is 10. The van der Waals surface area contributed by atoms with E-state index in [0.717, 1.165) is 21.0 Å². The Balaban J connectivity index is 2.12. The number of hydrogen-bond donors (Lipinski definition) is 1. The van der Waals surface area contributed by atoms with Crippen molar-refractivity contribution < 1.29 is 18.0 Å². The van der Waals surface area contributed by atoms with Crippen molar-refractivity contribution in [3.63, 3.8) is 0 Å². The molecule has 0 saturated carbocycles. The Morgan fingerprint density at radius 1 is 0.927 bits per heavy atom. The molecule has 0 aromatic heterocycles. The van der Waals surface area contributed by atoms with Crippen LogP contribution < -0.4 is 9.62 Å². The van der Waals surface area contributed by atoms with E-state index in [9.17, 15) is 18.0 Å². The van der Waals surface area contributed by atoms with Crippen LogP contribution in [0.2, 0.25) is 5.02 Å². The number of carbonyl (C=O) groups excluding carboxylic acids is 2. The highest BCUT2D eigenvalue weighted by molar-refractivity contribution is 7.92. The quantitative estimate of drug-likeness (QED) is 0.302. The van der Waals surface area contributed by atoms with E-state index in [1.54, 1.807) is 37.3 Å². The molecular weight excluding hydrogens is 558 g/mol. The van der Waals surface area contributed by atoms with E-state index in [0.29, 0.717) is 22.7 Å². The highest BCUT2D eigenvalue weighted by Crippen LogP contribution is 2.30. The number of amides is 2. The molecule has 0 aliphatic rings. The zero-order chi connectivity index (χ0) is 30.5. The second-order valence-electron chi connectivity index (χ2n) is 11.4. The fourth-order valence-corrected chi connectivity index (χ4v) is 6.22. The second-order valence-corrected chi connectivity index (χ2v) is 13.7. The first-order valence-electron chi connectivity index (χ1n) is 13.6. The van der Waals surface area contributed by atoms with E-state index >= 15 is 0 Å². The third-order valence-corrected chi connectivity index (χ3v) is 8.66. The molecule has 0 aliphatic heterocycles. The first-order chi connectivity index (χ1) is 19.1. The van der Waals surface area contributed by atoms with E-state index in [4.69, 9.17) is 11.6 Å². The molecular formula is C32H40ClN3O4S. The van der Waals surface area contributed by atoms with Crippen molar-refractivity contribution in [2.45, 2.75) is 77.9 Å². The van der Waals surface area contributed by atoms with Gasteiger partial charge in [0.15, 0.2) is 0 Å². The summed E-state index contributed by atoms with van der Waals surface area (Å²) in [5, 5.41) is 3.33. The molecule has 0 unspecified atom stereocenters. The maximum Gasteiger partial charge on any atom is 0.264 e. The zero-order valence-electron chi connectivity index (χ0n) is 24.9. The maximum atomic E-state index is 14.2.